The smallest absolute Gasteiger partial charge is 0.374 e. The van der Waals surface area contributed by atoms with Crippen LogP contribution in [0.4, 0.5) is 24.7 Å². The molecule has 1 saturated heterocycles. The molecule has 47 heavy (non-hydrogen) atoms. The van der Waals surface area contributed by atoms with Gasteiger partial charge in [-0.2, -0.15) is 28.8 Å². The fourth-order valence-electron chi connectivity index (χ4n) is 5.53. The number of anilines is 2. The molecule has 16 heteroatoms. The number of fused-ring (bicyclic) bond motifs is 1. The number of halogens is 3. The van der Waals surface area contributed by atoms with Crippen LogP contribution in [0.15, 0.2) is 43.0 Å². The number of aryl methyl sites for hydroxylation is 1. The van der Waals surface area contributed by atoms with Crippen LogP contribution in [-0.2, 0) is 28.6 Å². The number of carbonyl (C=O) groups excluding carboxylic acids is 1. The summed E-state index contributed by atoms with van der Waals surface area (Å²) in [5.74, 6) is 0.0535. The van der Waals surface area contributed by atoms with Gasteiger partial charge in [0, 0.05) is 36.4 Å². The van der Waals surface area contributed by atoms with E-state index in [9.17, 15) is 23.2 Å². The average molecular weight is 652 g/mol. The highest BCUT2D eigenvalue weighted by Gasteiger charge is 2.38. The van der Waals surface area contributed by atoms with Gasteiger partial charge < -0.3 is 24.6 Å². The molecule has 3 aromatic heterocycles. The first kappa shape index (κ1) is 33.3. The fraction of sp³-hybridized carbons (Fsp3) is 0.419. The standard InChI is InChI=1S/C31H33F3N10O3/c1-2-22-19-23(3-4-24(22)30(45)38-8-15-46-16-12-44(11-6-36)13-17-47-18-14-44)40-28-29-39-20-26(43(29)10-7-37-28)25-21-42(9-5-35)41-27(25)31(32,33)34/h3-4,7,10,19-21H,2,8-9,11-18H2,1H3,(H-,37,38,40,45)/p+1. The summed E-state index contributed by atoms with van der Waals surface area (Å²) in [5, 5.41) is 27.8. The van der Waals surface area contributed by atoms with Gasteiger partial charge in [-0.15, -0.1) is 0 Å². The van der Waals surface area contributed by atoms with Crippen molar-refractivity contribution in [2.75, 3.05) is 64.5 Å². The van der Waals surface area contributed by atoms with E-state index < -0.39 is 11.9 Å². The van der Waals surface area contributed by atoms with E-state index in [-0.39, 0.29) is 29.4 Å². The Kier molecular flexibility index (Phi) is 10.4. The molecule has 0 saturated carbocycles. The Morgan fingerprint density at radius 1 is 1.17 bits per heavy atom. The van der Waals surface area contributed by atoms with Crippen LogP contribution in [0.3, 0.4) is 0 Å². The zero-order valence-electron chi connectivity index (χ0n) is 25.8. The molecule has 0 unspecified atom stereocenters. The van der Waals surface area contributed by atoms with E-state index in [2.05, 4.69) is 31.8 Å². The lowest BCUT2D eigenvalue weighted by Crippen LogP contribution is -2.56. The number of amides is 1. The first-order chi connectivity index (χ1) is 22.7. The van der Waals surface area contributed by atoms with Gasteiger partial charge in [0.15, 0.2) is 23.7 Å². The second-order valence-electron chi connectivity index (χ2n) is 11.0. The van der Waals surface area contributed by atoms with Gasteiger partial charge in [0.05, 0.1) is 50.0 Å². The maximum absolute atomic E-state index is 13.8. The molecule has 1 aliphatic rings. The molecule has 5 rings (SSSR count). The summed E-state index contributed by atoms with van der Waals surface area (Å²) in [4.78, 5) is 21.7. The van der Waals surface area contributed by atoms with Gasteiger partial charge in [-0.25, -0.2) is 9.97 Å². The van der Waals surface area contributed by atoms with Gasteiger partial charge in [-0.1, -0.05) is 6.92 Å². The van der Waals surface area contributed by atoms with E-state index in [0.717, 1.165) is 23.3 Å². The monoisotopic (exact) mass is 651 g/mol. The summed E-state index contributed by atoms with van der Waals surface area (Å²) in [5.41, 5.74) is 0.976. The van der Waals surface area contributed by atoms with Crippen LogP contribution < -0.4 is 10.6 Å². The number of alkyl halides is 3. The predicted octanol–water partition coefficient (Wildman–Crippen LogP) is 3.56. The van der Waals surface area contributed by atoms with Gasteiger partial charge in [-0.3, -0.25) is 13.9 Å². The average Bonchev–Trinajstić information content (AvgIpc) is 3.68. The third-order valence-electron chi connectivity index (χ3n) is 8.03. The molecule has 1 aromatic carbocycles. The zero-order chi connectivity index (χ0) is 33.4. The molecule has 0 aliphatic carbocycles. The maximum atomic E-state index is 13.8. The van der Waals surface area contributed by atoms with Crippen LogP contribution in [0.2, 0.25) is 0 Å². The number of nitriles is 2. The molecule has 1 fully saturated rings. The maximum Gasteiger partial charge on any atom is 0.435 e. The lowest BCUT2D eigenvalue weighted by atomic mass is 10.0. The third kappa shape index (κ3) is 7.69. The van der Waals surface area contributed by atoms with E-state index in [0.29, 0.717) is 74.0 Å². The lowest BCUT2D eigenvalue weighted by Gasteiger charge is -2.39. The van der Waals surface area contributed by atoms with Crippen LogP contribution in [0.25, 0.3) is 16.9 Å². The Bertz CT molecular complexity index is 1800. The Hall–Kier alpha value is -5.03. The number of benzene rings is 1. The van der Waals surface area contributed by atoms with Crippen LogP contribution in [0.1, 0.15) is 28.5 Å². The first-order valence-corrected chi connectivity index (χ1v) is 15.1. The van der Waals surface area contributed by atoms with Crippen LogP contribution in [-0.4, -0.2) is 93.7 Å². The number of nitrogens with zero attached hydrogens (tertiary/aromatic N) is 8. The second kappa shape index (κ2) is 14.6. The van der Waals surface area contributed by atoms with E-state index in [1.807, 2.05) is 13.0 Å². The zero-order valence-corrected chi connectivity index (χ0v) is 25.8. The Morgan fingerprint density at radius 2 is 1.98 bits per heavy atom. The topological polar surface area (TPSA) is 155 Å². The summed E-state index contributed by atoms with van der Waals surface area (Å²) in [7, 11) is 0. The SMILES string of the molecule is CCc1cc(Nc2nccn3c(-c4cn(CC#N)nc4C(F)(F)F)cnc23)ccc1C(=O)NCCOCC[N+]1(CC#N)CCOCC1. The highest BCUT2D eigenvalue weighted by atomic mass is 19.4. The molecule has 4 heterocycles. The third-order valence-corrected chi connectivity index (χ3v) is 8.03. The predicted molar refractivity (Wildman–Crippen MR) is 163 cm³/mol. The molecule has 0 bridgehead atoms. The quantitative estimate of drug-likeness (QED) is 0.125. The van der Waals surface area contributed by atoms with E-state index in [1.165, 1.54) is 29.2 Å². The lowest BCUT2D eigenvalue weighted by molar-refractivity contribution is -0.929. The molecule has 0 spiro atoms. The molecule has 13 nitrogen and oxygen atoms in total. The molecule has 2 N–H and O–H groups in total. The Labute approximate surface area is 268 Å². The van der Waals surface area contributed by atoms with Gasteiger partial charge >= 0.3 is 6.18 Å². The number of carbonyl (C=O) groups is 1. The molecule has 4 aromatic rings. The number of quaternary nitrogens is 1. The number of aromatic nitrogens is 5. The van der Waals surface area contributed by atoms with Crippen molar-refractivity contribution in [3.05, 3.63) is 59.8 Å². The summed E-state index contributed by atoms with van der Waals surface area (Å²) < 4.78 is 55.6. The summed E-state index contributed by atoms with van der Waals surface area (Å²) in [6, 6.07) is 9.29. The highest BCUT2D eigenvalue weighted by molar-refractivity contribution is 5.96. The van der Waals surface area contributed by atoms with E-state index >= 15 is 0 Å². The summed E-state index contributed by atoms with van der Waals surface area (Å²) in [6.07, 6.45) is 1.23. The van der Waals surface area contributed by atoms with Crippen molar-refractivity contribution >= 4 is 23.1 Å². The Morgan fingerprint density at radius 3 is 2.70 bits per heavy atom. The highest BCUT2D eigenvalue weighted by Crippen LogP contribution is 2.37. The number of rotatable bonds is 13. The van der Waals surface area contributed by atoms with Gasteiger partial charge in [0.1, 0.15) is 32.2 Å². The van der Waals surface area contributed by atoms with E-state index in [1.54, 1.807) is 18.2 Å². The Balaban J connectivity index is 1.23. The van der Waals surface area contributed by atoms with Crippen molar-refractivity contribution in [1.29, 1.82) is 10.5 Å². The van der Waals surface area contributed by atoms with Crippen LogP contribution in [0, 0.1) is 22.7 Å². The summed E-state index contributed by atoms with van der Waals surface area (Å²) >= 11 is 0. The molecule has 246 valence electrons. The number of morpholine rings is 1. The van der Waals surface area contributed by atoms with Crippen LogP contribution in [0.5, 0.6) is 0 Å². The first-order valence-electron chi connectivity index (χ1n) is 15.1. The minimum absolute atomic E-state index is 0.136. The number of hydrogen-bond donors (Lipinski definition) is 2. The van der Waals surface area contributed by atoms with Crippen molar-refractivity contribution in [1.82, 2.24) is 29.5 Å². The van der Waals surface area contributed by atoms with Gasteiger partial charge in [-0.05, 0) is 30.2 Å². The minimum Gasteiger partial charge on any atom is -0.374 e. The van der Waals surface area contributed by atoms with Gasteiger partial charge in [0.2, 0.25) is 0 Å². The normalized spacial score (nSPS) is 14.4. The molecule has 1 aliphatic heterocycles. The second-order valence-corrected chi connectivity index (χ2v) is 11.0. The minimum atomic E-state index is -4.74. The molecular formula is C31H34F3N10O3+. The number of hydrogen-bond acceptors (Lipinski definition) is 9. The van der Waals surface area contributed by atoms with Crippen molar-refractivity contribution in [2.45, 2.75) is 26.1 Å². The number of imidazole rings is 1. The van der Waals surface area contributed by atoms with E-state index in [4.69, 9.17) is 14.7 Å². The molecular weight excluding hydrogens is 617 g/mol. The van der Waals surface area contributed by atoms with Crippen LogP contribution >= 0.6 is 0 Å². The van der Waals surface area contributed by atoms with Crippen molar-refractivity contribution in [3.63, 3.8) is 0 Å². The molecule has 0 atom stereocenters. The molecule has 1 amide bonds. The number of ether oxygens (including phenoxy) is 2. The molecule has 0 radical (unpaired) electrons. The van der Waals surface area contributed by atoms with Crippen molar-refractivity contribution in [2.24, 2.45) is 0 Å². The summed E-state index contributed by atoms with van der Waals surface area (Å²) in [6.45, 7) is 6.68. The van der Waals surface area contributed by atoms with Crippen molar-refractivity contribution < 1.29 is 31.9 Å². The number of nitrogens with one attached hydrogen (secondary N) is 2. The largest absolute Gasteiger partial charge is 0.435 e. The van der Waals surface area contributed by atoms with Gasteiger partial charge in [0.25, 0.3) is 5.91 Å². The fourth-order valence-corrected chi connectivity index (χ4v) is 5.53. The van der Waals surface area contributed by atoms with Crippen molar-refractivity contribution in [3.8, 4) is 23.4 Å².